The lowest BCUT2D eigenvalue weighted by molar-refractivity contribution is 0.0933. The van der Waals surface area contributed by atoms with E-state index in [2.05, 4.69) is 10.9 Å². The number of rotatable bonds is 5. The molecule has 1 aromatic heterocycles. The minimum Gasteiger partial charge on any atom is -0.450 e. The van der Waals surface area contributed by atoms with Gasteiger partial charge in [0.05, 0.1) is 28.3 Å². The molecule has 2 heterocycles. The molecule has 2 aromatic carbocycles. The molecule has 0 unspecified atom stereocenters. The van der Waals surface area contributed by atoms with Crippen LogP contribution in [-0.2, 0) is 21.3 Å². The Morgan fingerprint density at radius 2 is 1.81 bits per heavy atom. The van der Waals surface area contributed by atoms with Gasteiger partial charge in [0.25, 0.3) is 5.91 Å². The zero-order valence-electron chi connectivity index (χ0n) is 19.7. The highest BCUT2D eigenvalue weighted by molar-refractivity contribution is 7.89. The van der Waals surface area contributed by atoms with Crippen LogP contribution < -0.4 is 4.80 Å². The molecule has 2 amide bonds. The maximum absolute atomic E-state index is 14.4. The average molecular weight is 549 g/mol. The van der Waals surface area contributed by atoms with E-state index in [0.717, 1.165) is 23.5 Å². The summed E-state index contributed by atoms with van der Waals surface area (Å²) in [5.74, 6) is 0.0689. The summed E-state index contributed by atoms with van der Waals surface area (Å²) < 4.78 is 61.8. The van der Waals surface area contributed by atoms with Crippen molar-refractivity contribution in [3.63, 3.8) is 0 Å². The number of thiazole rings is 1. The van der Waals surface area contributed by atoms with Gasteiger partial charge in [-0.1, -0.05) is 17.3 Å². The van der Waals surface area contributed by atoms with E-state index in [1.165, 1.54) is 38.0 Å². The van der Waals surface area contributed by atoms with Crippen LogP contribution in [0.25, 0.3) is 10.2 Å². The van der Waals surface area contributed by atoms with Gasteiger partial charge in [0.1, 0.15) is 5.82 Å². The minimum absolute atomic E-state index is 0.0181. The molecule has 0 atom stereocenters. The number of fused-ring (bicyclic) bond motifs is 1. The quantitative estimate of drug-likeness (QED) is 0.457. The molecule has 1 aliphatic rings. The van der Waals surface area contributed by atoms with Crippen LogP contribution >= 0.6 is 11.3 Å². The molecule has 194 valence electrons. The Labute approximate surface area is 215 Å². The van der Waals surface area contributed by atoms with Gasteiger partial charge in [-0.2, -0.15) is 9.30 Å². The Morgan fingerprint density at radius 3 is 2.43 bits per heavy atom. The first-order valence-electron chi connectivity index (χ1n) is 11.2. The predicted octanol–water partition coefficient (Wildman–Crippen LogP) is 2.82. The van der Waals surface area contributed by atoms with Gasteiger partial charge in [-0.05, 0) is 37.3 Å². The van der Waals surface area contributed by atoms with E-state index in [-0.39, 0.29) is 64.8 Å². The molecule has 0 saturated carbocycles. The first-order valence-corrected chi connectivity index (χ1v) is 13.4. The minimum atomic E-state index is -3.85. The number of aromatic nitrogens is 1. The Balaban J connectivity index is 1.56. The monoisotopic (exact) mass is 548 g/mol. The van der Waals surface area contributed by atoms with Crippen molar-refractivity contribution >= 4 is 43.6 Å². The number of benzene rings is 2. The molecular formula is C24H22F2N4O5S2. The summed E-state index contributed by atoms with van der Waals surface area (Å²) in [4.78, 5) is 30.2. The number of hydrogen-bond donors (Lipinski definition) is 0. The van der Waals surface area contributed by atoms with Crippen LogP contribution in [0.5, 0.6) is 0 Å². The second kappa shape index (κ2) is 10.8. The number of carbonyl (C=O) groups is 2. The molecule has 0 aliphatic carbocycles. The van der Waals surface area contributed by atoms with Crippen molar-refractivity contribution in [1.29, 1.82) is 0 Å². The molecule has 1 saturated heterocycles. The highest BCUT2D eigenvalue weighted by Gasteiger charge is 2.30. The van der Waals surface area contributed by atoms with Crippen LogP contribution in [0.1, 0.15) is 17.3 Å². The molecule has 3 aromatic rings. The number of halogens is 2. The summed E-state index contributed by atoms with van der Waals surface area (Å²) in [5, 5.41) is 0. The summed E-state index contributed by atoms with van der Waals surface area (Å²) in [6.45, 7) is 2.45. The average Bonchev–Trinajstić information content (AvgIpc) is 3.21. The molecule has 9 nitrogen and oxygen atoms in total. The van der Waals surface area contributed by atoms with E-state index in [4.69, 9.17) is 11.2 Å². The second-order valence-corrected chi connectivity index (χ2v) is 10.9. The second-order valence-electron chi connectivity index (χ2n) is 7.94. The Bertz CT molecular complexity index is 1570. The smallest absolute Gasteiger partial charge is 0.409 e. The van der Waals surface area contributed by atoms with E-state index in [1.807, 2.05) is 0 Å². The topological polar surface area (TPSA) is 101 Å². The number of ether oxygens (including phenoxy) is 1. The van der Waals surface area contributed by atoms with Crippen molar-refractivity contribution in [2.45, 2.75) is 18.4 Å². The van der Waals surface area contributed by atoms with Crippen LogP contribution in [0, 0.1) is 24.0 Å². The van der Waals surface area contributed by atoms with Gasteiger partial charge in [0, 0.05) is 37.8 Å². The van der Waals surface area contributed by atoms with Gasteiger partial charge in [0.2, 0.25) is 10.0 Å². The molecule has 0 bridgehead atoms. The van der Waals surface area contributed by atoms with Gasteiger partial charge in [-0.25, -0.2) is 22.0 Å². The lowest BCUT2D eigenvalue weighted by atomic mass is 10.2. The molecule has 13 heteroatoms. The van der Waals surface area contributed by atoms with E-state index in [9.17, 15) is 26.8 Å². The Morgan fingerprint density at radius 1 is 1.14 bits per heavy atom. The Hall–Kier alpha value is -3.60. The maximum atomic E-state index is 14.4. The normalized spacial score (nSPS) is 15.1. The molecule has 1 fully saturated rings. The zero-order valence-corrected chi connectivity index (χ0v) is 21.3. The fraction of sp³-hybridized carbons (Fsp3) is 0.292. The van der Waals surface area contributed by atoms with E-state index in [0.29, 0.717) is 0 Å². The van der Waals surface area contributed by atoms with Crippen LogP contribution in [0.3, 0.4) is 0 Å². The van der Waals surface area contributed by atoms with E-state index >= 15 is 0 Å². The number of amides is 2. The Kier molecular flexibility index (Phi) is 7.72. The molecule has 1 aliphatic heterocycles. The van der Waals surface area contributed by atoms with Gasteiger partial charge in [-0.3, -0.25) is 4.79 Å². The summed E-state index contributed by atoms with van der Waals surface area (Å²) in [6.07, 6.45) is 4.90. The number of nitrogens with zero attached hydrogens (tertiary/aromatic N) is 4. The molecule has 37 heavy (non-hydrogen) atoms. The molecule has 4 rings (SSSR count). The molecule has 0 radical (unpaired) electrons. The van der Waals surface area contributed by atoms with Crippen molar-refractivity contribution in [1.82, 2.24) is 13.8 Å². The highest BCUT2D eigenvalue weighted by atomic mass is 32.2. The summed E-state index contributed by atoms with van der Waals surface area (Å²) >= 11 is 0.907. The number of carbonyl (C=O) groups excluding carboxylic acids is 2. The van der Waals surface area contributed by atoms with Crippen LogP contribution in [0.2, 0.25) is 0 Å². The largest absolute Gasteiger partial charge is 0.450 e. The van der Waals surface area contributed by atoms with Crippen molar-refractivity contribution in [3.8, 4) is 12.3 Å². The third kappa shape index (κ3) is 5.41. The first kappa shape index (κ1) is 26.5. The standard InChI is InChI=1S/C24H22F2N4O5S2/c1-3-9-30-21-19(26)14-17(25)15-20(21)36-23(30)27-22(31)16-5-7-18(8-6-16)37(33,34)29-12-10-28(11-13-29)24(32)35-4-2/h1,5-8,14-15H,4,9-13H2,2H3. The molecular weight excluding hydrogens is 526 g/mol. The SMILES string of the molecule is C#CCn1c(=NC(=O)c2ccc(S(=O)(=O)N3CCN(C(=O)OCC)CC3)cc2)sc2cc(F)cc(F)c21. The summed E-state index contributed by atoms with van der Waals surface area (Å²) in [6, 6.07) is 7.10. The third-order valence-corrected chi connectivity index (χ3v) is 8.58. The summed E-state index contributed by atoms with van der Waals surface area (Å²) in [7, 11) is -3.85. The van der Waals surface area contributed by atoms with Gasteiger partial charge in [-0.15, -0.1) is 6.42 Å². The highest BCUT2D eigenvalue weighted by Crippen LogP contribution is 2.23. The molecule has 0 spiro atoms. The van der Waals surface area contributed by atoms with E-state index in [1.54, 1.807) is 6.92 Å². The maximum Gasteiger partial charge on any atom is 0.409 e. The fourth-order valence-corrected chi connectivity index (χ4v) is 6.34. The molecule has 0 N–H and O–H groups in total. The third-order valence-electron chi connectivity index (χ3n) is 5.65. The van der Waals surface area contributed by atoms with Crippen molar-refractivity contribution < 1.29 is 31.5 Å². The summed E-state index contributed by atoms with van der Waals surface area (Å²) in [5.41, 5.74) is 0.142. The van der Waals surface area contributed by atoms with Gasteiger partial charge < -0.3 is 14.2 Å². The van der Waals surface area contributed by atoms with Crippen LogP contribution in [0.4, 0.5) is 13.6 Å². The lowest BCUT2D eigenvalue weighted by Crippen LogP contribution is -2.50. The lowest BCUT2D eigenvalue weighted by Gasteiger charge is -2.33. The van der Waals surface area contributed by atoms with Gasteiger partial charge >= 0.3 is 6.09 Å². The van der Waals surface area contributed by atoms with E-state index < -0.39 is 33.7 Å². The number of hydrogen-bond acceptors (Lipinski definition) is 6. The zero-order chi connectivity index (χ0) is 26.7. The number of terminal acetylenes is 1. The number of sulfonamides is 1. The first-order chi connectivity index (χ1) is 17.6. The number of piperazine rings is 1. The van der Waals surface area contributed by atoms with Crippen LogP contribution in [-0.4, -0.2) is 67.0 Å². The van der Waals surface area contributed by atoms with Crippen molar-refractivity contribution in [2.75, 3.05) is 32.8 Å². The van der Waals surface area contributed by atoms with Crippen molar-refractivity contribution in [2.24, 2.45) is 4.99 Å². The van der Waals surface area contributed by atoms with Crippen molar-refractivity contribution in [3.05, 3.63) is 58.4 Å². The van der Waals surface area contributed by atoms with Crippen LogP contribution in [0.15, 0.2) is 46.3 Å². The predicted molar refractivity (Wildman–Crippen MR) is 132 cm³/mol. The fourth-order valence-electron chi connectivity index (χ4n) is 3.85. The van der Waals surface area contributed by atoms with Gasteiger partial charge in [0.15, 0.2) is 10.6 Å².